The summed E-state index contributed by atoms with van der Waals surface area (Å²) in [4.78, 5) is 0.394. The lowest BCUT2D eigenvalue weighted by Gasteiger charge is -2.26. The monoisotopic (exact) mass is 288 g/mol. The predicted octanol–water partition coefficient (Wildman–Crippen LogP) is 4.69. The molecule has 2 unspecified atom stereocenters. The van der Waals surface area contributed by atoms with Crippen molar-refractivity contribution in [3.63, 3.8) is 0 Å². The van der Waals surface area contributed by atoms with E-state index in [0.29, 0.717) is 16.0 Å². The number of hydrogen-bond acceptors (Lipinski definition) is 0. The summed E-state index contributed by atoms with van der Waals surface area (Å²) in [6.07, 6.45) is 3.86. The predicted molar refractivity (Wildman–Crippen MR) is 65.0 cm³/mol. The van der Waals surface area contributed by atoms with Crippen LogP contribution in [0.3, 0.4) is 0 Å². The fourth-order valence-electron chi connectivity index (χ4n) is 2.44. The molecule has 0 nitrogen and oxygen atoms in total. The molecule has 0 heterocycles. The van der Waals surface area contributed by atoms with Crippen LogP contribution in [-0.2, 0) is 0 Å². The Balaban J connectivity index is 2.35. The zero-order valence-corrected chi connectivity index (χ0v) is 10.9. The molecule has 1 aliphatic rings. The quantitative estimate of drug-likeness (QED) is 0.658. The van der Waals surface area contributed by atoms with Gasteiger partial charge in [-0.2, -0.15) is 0 Å². The van der Waals surface area contributed by atoms with Crippen molar-refractivity contribution in [3.05, 3.63) is 34.9 Å². The van der Waals surface area contributed by atoms with Crippen LogP contribution in [0, 0.1) is 18.6 Å². The largest absolute Gasteiger partial charge is 0.207 e. The summed E-state index contributed by atoms with van der Waals surface area (Å²) in [5, 5.41) is 0. The molecule has 0 aliphatic heterocycles. The summed E-state index contributed by atoms with van der Waals surface area (Å²) in [5.74, 6) is -0.723. The van der Waals surface area contributed by atoms with Gasteiger partial charge >= 0.3 is 0 Å². The SMILES string of the molecule is Cc1ccc(F)c(C2CCCC(Br)C2)c1F. The minimum atomic E-state index is -0.394. The first-order valence-corrected chi connectivity index (χ1v) is 6.59. The molecule has 3 heteroatoms. The third-order valence-electron chi connectivity index (χ3n) is 3.34. The van der Waals surface area contributed by atoms with Crippen LogP contribution in [0.1, 0.15) is 42.7 Å². The fraction of sp³-hybridized carbons (Fsp3) is 0.538. The molecule has 16 heavy (non-hydrogen) atoms. The number of aryl methyl sites for hydroxylation is 1. The number of hydrogen-bond donors (Lipinski definition) is 0. The molecule has 2 rings (SSSR count). The van der Waals surface area contributed by atoms with Crippen molar-refractivity contribution in [2.45, 2.75) is 43.4 Å². The van der Waals surface area contributed by atoms with Gasteiger partial charge in [-0.25, -0.2) is 8.78 Å². The molecular weight excluding hydrogens is 274 g/mol. The Morgan fingerprint density at radius 3 is 2.69 bits per heavy atom. The van der Waals surface area contributed by atoms with Crippen LogP contribution in [-0.4, -0.2) is 4.83 Å². The van der Waals surface area contributed by atoms with E-state index in [9.17, 15) is 8.78 Å². The van der Waals surface area contributed by atoms with Crippen molar-refractivity contribution >= 4 is 15.9 Å². The molecule has 0 saturated heterocycles. The van der Waals surface area contributed by atoms with Gasteiger partial charge in [0.15, 0.2) is 0 Å². The van der Waals surface area contributed by atoms with E-state index < -0.39 is 5.82 Å². The van der Waals surface area contributed by atoms with E-state index in [4.69, 9.17) is 0 Å². The molecule has 0 aromatic heterocycles. The van der Waals surface area contributed by atoms with Crippen molar-refractivity contribution in [2.75, 3.05) is 0 Å². The molecule has 88 valence electrons. The van der Waals surface area contributed by atoms with E-state index in [2.05, 4.69) is 15.9 Å². The van der Waals surface area contributed by atoms with Gasteiger partial charge in [0.25, 0.3) is 0 Å². The van der Waals surface area contributed by atoms with E-state index in [1.807, 2.05) is 0 Å². The van der Waals surface area contributed by atoms with Crippen LogP contribution in [0.2, 0.25) is 0 Å². The maximum absolute atomic E-state index is 13.9. The summed E-state index contributed by atoms with van der Waals surface area (Å²) in [6, 6.07) is 2.88. The van der Waals surface area contributed by atoms with Crippen molar-refractivity contribution in [3.8, 4) is 0 Å². The molecule has 1 saturated carbocycles. The first kappa shape index (κ1) is 12.0. The first-order valence-electron chi connectivity index (χ1n) is 5.68. The van der Waals surface area contributed by atoms with Gasteiger partial charge in [-0.05, 0) is 43.7 Å². The Morgan fingerprint density at radius 1 is 1.25 bits per heavy atom. The summed E-state index contributed by atoms with van der Waals surface area (Å²) in [6.45, 7) is 1.69. The van der Waals surface area contributed by atoms with Crippen molar-refractivity contribution in [1.29, 1.82) is 0 Å². The van der Waals surface area contributed by atoms with Gasteiger partial charge in [-0.15, -0.1) is 0 Å². The highest BCUT2D eigenvalue weighted by atomic mass is 79.9. The van der Waals surface area contributed by atoms with Crippen LogP contribution >= 0.6 is 15.9 Å². The number of halogens is 3. The second-order valence-corrected chi connectivity index (χ2v) is 5.85. The van der Waals surface area contributed by atoms with Gasteiger partial charge in [0.2, 0.25) is 0 Å². The van der Waals surface area contributed by atoms with E-state index in [1.54, 1.807) is 6.92 Å². The number of alkyl halides is 1. The number of rotatable bonds is 1. The van der Waals surface area contributed by atoms with Crippen LogP contribution in [0.4, 0.5) is 8.78 Å². The van der Waals surface area contributed by atoms with Gasteiger partial charge in [-0.3, -0.25) is 0 Å². The minimum Gasteiger partial charge on any atom is -0.207 e. The average molecular weight is 289 g/mol. The normalized spacial score (nSPS) is 25.8. The first-order chi connectivity index (χ1) is 7.59. The van der Waals surface area contributed by atoms with Gasteiger partial charge in [-0.1, -0.05) is 28.4 Å². The number of benzene rings is 1. The third kappa shape index (κ3) is 2.29. The zero-order valence-electron chi connectivity index (χ0n) is 9.27. The van der Waals surface area contributed by atoms with Crippen LogP contribution in [0.15, 0.2) is 12.1 Å². The van der Waals surface area contributed by atoms with Crippen molar-refractivity contribution in [1.82, 2.24) is 0 Å². The summed E-state index contributed by atoms with van der Waals surface area (Å²) >= 11 is 3.55. The molecule has 1 aromatic carbocycles. The van der Waals surface area contributed by atoms with Crippen LogP contribution < -0.4 is 0 Å². The maximum atomic E-state index is 13.9. The Bertz CT molecular complexity index is 390. The lowest BCUT2D eigenvalue weighted by atomic mass is 9.83. The third-order valence-corrected chi connectivity index (χ3v) is 4.17. The molecule has 0 bridgehead atoms. The highest BCUT2D eigenvalue weighted by molar-refractivity contribution is 9.09. The molecule has 0 amide bonds. The Kier molecular flexibility index (Phi) is 3.63. The molecule has 0 radical (unpaired) electrons. The van der Waals surface area contributed by atoms with E-state index in [0.717, 1.165) is 25.7 Å². The molecule has 1 fully saturated rings. The van der Waals surface area contributed by atoms with Crippen molar-refractivity contribution < 1.29 is 8.78 Å². The van der Waals surface area contributed by atoms with E-state index in [1.165, 1.54) is 12.1 Å². The van der Waals surface area contributed by atoms with Gasteiger partial charge < -0.3 is 0 Å². The lowest BCUT2D eigenvalue weighted by molar-refractivity contribution is 0.422. The minimum absolute atomic E-state index is 0.0259. The zero-order chi connectivity index (χ0) is 11.7. The average Bonchev–Trinajstić information content (AvgIpc) is 2.24. The summed E-state index contributed by atoms with van der Waals surface area (Å²) in [7, 11) is 0. The molecule has 1 aromatic rings. The highest BCUT2D eigenvalue weighted by Crippen LogP contribution is 2.38. The lowest BCUT2D eigenvalue weighted by Crippen LogP contribution is -2.16. The smallest absolute Gasteiger partial charge is 0.132 e. The topological polar surface area (TPSA) is 0 Å². The maximum Gasteiger partial charge on any atom is 0.132 e. The molecule has 2 atom stereocenters. The molecule has 1 aliphatic carbocycles. The highest BCUT2D eigenvalue weighted by Gasteiger charge is 2.26. The van der Waals surface area contributed by atoms with Gasteiger partial charge in [0.1, 0.15) is 11.6 Å². The van der Waals surface area contributed by atoms with Gasteiger partial charge in [0, 0.05) is 10.4 Å². The second kappa shape index (κ2) is 4.82. The Hall–Kier alpha value is -0.440. The van der Waals surface area contributed by atoms with Crippen molar-refractivity contribution in [2.24, 2.45) is 0 Å². The van der Waals surface area contributed by atoms with E-state index in [-0.39, 0.29) is 11.7 Å². The molecule has 0 N–H and O–H groups in total. The van der Waals surface area contributed by atoms with Crippen LogP contribution in [0.25, 0.3) is 0 Å². The van der Waals surface area contributed by atoms with Crippen LogP contribution in [0.5, 0.6) is 0 Å². The Labute approximate surface area is 103 Å². The fourth-order valence-corrected chi connectivity index (χ4v) is 3.22. The Morgan fingerprint density at radius 2 is 2.00 bits per heavy atom. The van der Waals surface area contributed by atoms with Gasteiger partial charge in [0.05, 0.1) is 0 Å². The standard InChI is InChI=1S/C13H15BrF2/c1-8-5-6-11(15)12(13(8)16)9-3-2-4-10(14)7-9/h5-6,9-10H,2-4,7H2,1H3. The molecule has 0 spiro atoms. The second-order valence-electron chi connectivity index (χ2n) is 4.55. The summed E-state index contributed by atoms with van der Waals surface area (Å²) < 4.78 is 27.6. The summed E-state index contributed by atoms with van der Waals surface area (Å²) in [5.41, 5.74) is 0.831. The van der Waals surface area contributed by atoms with E-state index >= 15 is 0 Å². The molecular formula is C13H15BrF2.